The molecule has 3 N–H and O–H groups in total. The molecule has 0 aliphatic heterocycles. The minimum absolute atomic E-state index is 0. The van der Waals surface area contributed by atoms with Crippen molar-refractivity contribution in [2.24, 2.45) is 0 Å². The van der Waals surface area contributed by atoms with Crippen molar-refractivity contribution in [3.63, 3.8) is 0 Å². The van der Waals surface area contributed by atoms with Crippen LogP contribution in [-0.4, -0.2) is 16.4 Å². The Morgan fingerprint density at radius 1 is 0.750 bits per heavy atom. The molecule has 4 heteroatoms. The average Bonchev–Trinajstić information content (AvgIpc) is 1.89. The van der Waals surface area contributed by atoms with Crippen LogP contribution in [0, 0.1) is 0 Å². The van der Waals surface area contributed by atoms with E-state index in [0.717, 1.165) is 0 Å². The second kappa shape index (κ2) is 22.6. The third-order valence-electron chi connectivity index (χ3n) is 1.53. The largest absolute Gasteiger partial charge is 0.870 e. The number of unbranched alkanes of at least 4 members (excludes halogenated alkanes) is 5. The van der Waals surface area contributed by atoms with Gasteiger partial charge in [0.25, 0.3) is 0 Å². The first-order chi connectivity index (χ1) is 4.41. The van der Waals surface area contributed by atoms with Crippen LogP contribution in [-0.2, 0) is 24.7 Å². The zero-order valence-electron chi connectivity index (χ0n) is 7.79. The van der Waals surface area contributed by atoms with Crippen LogP contribution in [0.2, 0.25) is 4.13 Å². The molecule has 12 heavy (non-hydrogen) atoms. The number of rotatable bonds is 6. The Morgan fingerprint density at radius 2 is 1.17 bits per heavy atom. The maximum Gasteiger partial charge on any atom is -0.870 e. The molecule has 0 saturated heterocycles. The van der Waals surface area contributed by atoms with Crippen LogP contribution in [0.25, 0.3) is 0 Å². The Bertz CT molecular complexity index is 47.6. The summed E-state index contributed by atoms with van der Waals surface area (Å²) in [6.45, 7) is 2.27. The first-order valence-corrected chi connectivity index (χ1v) is 5.80. The van der Waals surface area contributed by atoms with Crippen LogP contribution < -0.4 is 0 Å². The molecule has 0 bridgehead atoms. The van der Waals surface area contributed by atoms with Crippen LogP contribution in [0.4, 0.5) is 0 Å². The Labute approximate surface area is 90.7 Å². The summed E-state index contributed by atoms with van der Waals surface area (Å²) in [5.41, 5.74) is 0. The molecule has 0 saturated carbocycles. The van der Waals surface area contributed by atoms with Gasteiger partial charge in [0.1, 0.15) is 0 Å². The van der Waals surface area contributed by atoms with Gasteiger partial charge in [-0.05, 0) is 0 Å². The summed E-state index contributed by atoms with van der Waals surface area (Å²) in [5.74, 6) is 0. The first-order valence-electron chi connectivity index (χ1n) is 4.06. The van der Waals surface area contributed by atoms with E-state index in [1.165, 1.54) is 42.7 Å². The molecule has 0 aliphatic carbocycles. The van der Waals surface area contributed by atoms with Gasteiger partial charge in [-0.1, -0.05) is 0 Å². The van der Waals surface area contributed by atoms with Crippen LogP contribution >= 0.6 is 0 Å². The van der Waals surface area contributed by atoms with Crippen LogP contribution in [0.15, 0.2) is 0 Å². The summed E-state index contributed by atoms with van der Waals surface area (Å²) in [7, 11) is 0. The molecule has 0 spiro atoms. The van der Waals surface area contributed by atoms with Gasteiger partial charge in [0.15, 0.2) is 0 Å². The van der Waals surface area contributed by atoms with E-state index in [1.807, 2.05) is 0 Å². The van der Waals surface area contributed by atoms with Gasteiger partial charge >= 0.3 is 74.3 Å². The minimum Gasteiger partial charge on any atom is -0.870 e. The molecule has 74 valence electrons. The molecular weight excluding hydrogens is 235 g/mol. The molecule has 3 nitrogen and oxygen atoms in total. The van der Waals surface area contributed by atoms with Crippen molar-refractivity contribution >= 4 is 0 Å². The molecule has 0 aromatic rings. The van der Waals surface area contributed by atoms with Crippen LogP contribution in [0.1, 0.15) is 45.4 Å². The molecule has 0 radical (unpaired) electrons. The fourth-order valence-corrected chi connectivity index (χ4v) is 1.52. The van der Waals surface area contributed by atoms with Gasteiger partial charge in [0.05, 0.1) is 0 Å². The van der Waals surface area contributed by atoms with Crippen molar-refractivity contribution in [3.8, 4) is 0 Å². The molecule has 0 aromatic carbocycles. The van der Waals surface area contributed by atoms with E-state index in [9.17, 15) is 0 Å². The third kappa shape index (κ3) is 22.4. The van der Waals surface area contributed by atoms with Gasteiger partial charge in [-0.2, -0.15) is 0 Å². The smallest absolute Gasteiger partial charge is 0.870 e. The predicted molar refractivity (Wildman–Crippen MR) is 44.0 cm³/mol. The number of hydrogen-bond acceptors (Lipinski definition) is 3. The summed E-state index contributed by atoms with van der Waals surface area (Å²) < 4.78 is 1.46. The summed E-state index contributed by atoms with van der Waals surface area (Å²) in [6.07, 6.45) is 8.71. The maximum atomic E-state index is 2.27. The molecular formula is C8H20O3Zr. The number of hydrogen-bond donors (Lipinski definition) is 0. The van der Waals surface area contributed by atoms with Gasteiger partial charge < -0.3 is 16.4 Å². The van der Waals surface area contributed by atoms with E-state index in [4.69, 9.17) is 0 Å². The van der Waals surface area contributed by atoms with Crippen molar-refractivity contribution in [1.29, 1.82) is 0 Å². The van der Waals surface area contributed by atoms with Crippen molar-refractivity contribution in [2.45, 2.75) is 49.6 Å². The van der Waals surface area contributed by atoms with Crippen molar-refractivity contribution in [3.05, 3.63) is 0 Å². The molecule has 0 aliphatic rings. The van der Waals surface area contributed by atoms with E-state index in [2.05, 4.69) is 6.92 Å². The zero-order chi connectivity index (χ0) is 6.95. The van der Waals surface area contributed by atoms with E-state index in [-0.39, 0.29) is 16.4 Å². The van der Waals surface area contributed by atoms with E-state index >= 15 is 0 Å². The van der Waals surface area contributed by atoms with E-state index in [1.54, 1.807) is 24.7 Å². The summed E-state index contributed by atoms with van der Waals surface area (Å²) >= 11 is 1.71. The van der Waals surface area contributed by atoms with E-state index in [0.29, 0.717) is 0 Å². The van der Waals surface area contributed by atoms with Crippen LogP contribution in [0.3, 0.4) is 0 Å². The Hall–Kier alpha value is 0.763. The first kappa shape index (κ1) is 23.0. The minimum atomic E-state index is 0. The van der Waals surface area contributed by atoms with Gasteiger partial charge in [0.2, 0.25) is 0 Å². The Morgan fingerprint density at radius 3 is 1.58 bits per heavy atom. The second-order valence-electron chi connectivity index (χ2n) is 2.52. The fourth-order valence-electron chi connectivity index (χ4n) is 0.905. The van der Waals surface area contributed by atoms with Gasteiger partial charge in [-0.15, -0.1) is 0 Å². The van der Waals surface area contributed by atoms with Crippen LogP contribution in [0.5, 0.6) is 0 Å². The monoisotopic (exact) mass is 254 g/mol. The molecule has 0 aromatic heterocycles. The molecule has 0 rings (SSSR count). The molecule has 0 amide bonds. The van der Waals surface area contributed by atoms with Gasteiger partial charge in [0, 0.05) is 0 Å². The quantitative estimate of drug-likeness (QED) is 0.683. The zero-order valence-corrected chi connectivity index (χ0v) is 10.2. The predicted octanol–water partition coefficient (Wildman–Crippen LogP) is 2.78. The summed E-state index contributed by atoms with van der Waals surface area (Å²) in [6, 6.07) is 0. The van der Waals surface area contributed by atoms with E-state index < -0.39 is 0 Å². The molecule has 0 atom stereocenters. The Balaban J connectivity index is -0.000000107. The second-order valence-corrected chi connectivity index (χ2v) is 3.75. The Kier molecular flexibility index (Phi) is 43.3. The van der Waals surface area contributed by atoms with Gasteiger partial charge in [-0.3, -0.25) is 0 Å². The van der Waals surface area contributed by atoms with Crippen molar-refractivity contribution in [2.75, 3.05) is 0 Å². The van der Waals surface area contributed by atoms with Crippen molar-refractivity contribution in [1.82, 2.24) is 0 Å². The fraction of sp³-hybridized carbons (Fsp3) is 1.00. The van der Waals surface area contributed by atoms with Crippen molar-refractivity contribution < 1.29 is 41.1 Å². The molecule has 0 heterocycles. The molecule has 0 fully saturated rings. The SMILES string of the molecule is CCCCCCC[CH2][Zr+3].[OH-].[OH-].[OH-]. The average molecular weight is 255 g/mol. The summed E-state index contributed by atoms with van der Waals surface area (Å²) in [5, 5.41) is 0. The van der Waals surface area contributed by atoms with Gasteiger partial charge in [-0.25, -0.2) is 0 Å². The third-order valence-corrected chi connectivity index (χ3v) is 2.40. The topological polar surface area (TPSA) is 90.0 Å². The molecule has 0 unspecified atom stereocenters. The summed E-state index contributed by atoms with van der Waals surface area (Å²) in [4.78, 5) is 0. The standard InChI is InChI=1S/C8H17.3H2O.Zr/c1-3-5-7-8-6-4-2;;;;/h1,3-8H2,2H3;3*1H2;/q;;;;+3/p-3. The normalized spacial score (nSPS) is 7.58. The maximum absolute atomic E-state index is 2.27.